The van der Waals surface area contributed by atoms with Gasteiger partial charge in [-0.15, -0.1) is 0 Å². The molecule has 0 aromatic carbocycles. The number of guanidine groups is 1. The van der Waals surface area contributed by atoms with Crippen LogP contribution >= 0.6 is 0 Å². The van der Waals surface area contributed by atoms with Gasteiger partial charge in [-0.2, -0.15) is 0 Å². The maximum absolute atomic E-state index is 11.8. The van der Waals surface area contributed by atoms with Crippen molar-refractivity contribution in [2.75, 3.05) is 58.6 Å². The van der Waals surface area contributed by atoms with Crippen molar-refractivity contribution in [3.05, 3.63) is 18.0 Å². The summed E-state index contributed by atoms with van der Waals surface area (Å²) in [6.07, 6.45) is 2.32. The Morgan fingerprint density at radius 3 is 2.72 bits per heavy atom. The van der Waals surface area contributed by atoms with Crippen LogP contribution in [0.4, 0.5) is 0 Å². The van der Waals surface area contributed by atoms with E-state index in [0.717, 1.165) is 50.8 Å². The molecule has 0 saturated carbocycles. The Balaban J connectivity index is 1.41. The minimum absolute atomic E-state index is 0.273. The number of hydrogen-bond acceptors (Lipinski definition) is 6. The molecule has 3 rings (SSSR count). The molecule has 25 heavy (non-hydrogen) atoms. The van der Waals surface area contributed by atoms with Crippen LogP contribution in [0.15, 0.2) is 21.8 Å². The van der Waals surface area contributed by atoms with Gasteiger partial charge in [0.15, 0.2) is 5.96 Å². The molecule has 0 bridgehead atoms. The zero-order valence-electron chi connectivity index (χ0n) is 14.6. The number of aromatic nitrogens is 1. The summed E-state index contributed by atoms with van der Waals surface area (Å²) in [7, 11) is -1.27. The summed E-state index contributed by atoms with van der Waals surface area (Å²) >= 11 is 0. The van der Waals surface area contributed by atoms with Gasteiger partial charge in [0.1, 0.15) is 6.26 Å². The van der Waals surface area contributed by atoms with Crippen molar-refractivity contribution in [3.8, 4) is 0 Å². The Labute approximate surface area is 148 Å². The maximum Gasteiger partial charge on any atom is 0.214 e. The molecule has 0 aliphatic carbocycles. The van der Waals surface area contributed by atoms with Crippen molar-refractivity contribution in [2.45, 2.75) is 13.0 Å². The monoisotopic (exact) mass is 370 g/mol. The predicted octanol–water partition coefficient (Wildman–Crippen LogP) is -0.597. The van der Waals surface area contributed by atoms with E-state index in [1.165, 1.54) is 0 Å². The zero-order valence-corrected chi connectivity index (χ0v) is 15.4. The number of rotatable bonds is 5. The molecule has 3 heterocycles. The van der Waals surface area contributed by atoms with Crippen LogP contribution in [0.25, 0.3) is 0 Å². The third-order valence-corrected chi connectivity index (χ3v) is 6.56. The van der Waals surface area contributed by atoms with Gasteiger partial charge in [-0.05, 0) is 6.42 Å². The minimum atomic E-state index is -3.03. The molecule has 0 unspecified atom stereocenters. The molecule has 10 heteroatoms. The Morgan fingerprint density at radius 2 is 2.12 bits per heavy atom. The van der Waals surface area contributed by atoms with E-state index in [1.54, 1.807) is 17.6 Å². The summed E-state index contributed by atoms with van der Waals surface area (Å²) in [5.74, 6) is 1.10. The molecule has 1 N–H and O–H groups in total. The van der Waals surface area contributed by atoms with E-state index < -0.39 is 10.0 Å². The fourth-order valence-corrected chi connectivity index (χ4v) is 4.76. The van der Waals surface area contributed by atoms with Gasteiger partial charge >= 0.3 is 0 Å². The lowest BCUT2D eigenvalue weighted by atomic mass is 10.3. The fourth-order valence-electron chi connectivity index (χ4n) is 3.23. The lowest BCUT2D eigenvalue weighted by molar-refractivity contribution is 0.169. The SMILES string of the molecule is CN=C(NCCN1CCCS1(=O)=O)N1CCN(Cc2ccon2)CC1. The summed E-state index contributed by atoms with van der Waals surface area (Å²) < 4.78 is 30.1. The molecule has 140 valence electrons. The van der Waals surface area contributed by atoms with Gasteiger partial charge in [0.2, 0.25) is 10.0 Å². The van der Waals surface area contributed by atoms with E-state index in [9.17, 15) is 8.42 Å². The summed E-state index contributed by atoms with van der Waals surface area (Å²) in [5, 5.41) is 7.24. The summed E-state index contributed by atoms with van der Waals surface area (Å²) in [4.78, 5) is 8.87. The highest BCUT2D eigenvalue weighted by Crippen LogP contribution is 2.12. The van der Waals surface area contributed by atoms with Gasteiger partial charge < -0.3 is 14.7 Å². The van der Waals surface area contributed by atoms with E-state index in [1.807, 2.05) is 6.07 Å². The van der Waals surface area contributed by atoms with Crippen LogP contribution in [0.3, 0.4) is 0 Å². The third kappa shape index (κ3) is 4.71. The Morgan fingerprint density at radius 1 is 1.32 bits per heavy atom. The molecule has 0 spiro atoms. The first-order valence-corrected chi connectivity index (χ1v) is 10.2. The molecule has 2 saturated heterocycles. The topological polar surface area (TPSA) is 94.3 Å². The maximum atomic E-state index is 11.8. The zero-order chi connectivity index (χ0) is 17.7. The van der Waals surface area contributed by atoms with Gasteiger partial charge in [-0.1, -0.05) is 5.16 Å². The summed E-state index contributed by atoms with van der Waals surface area (Å²) in [6, 6.07) is 1.89. The first-order valence-electron chi connectivity index (χ1n) is 8.63. The van der Waals surface area contributed by atoms with Crippen LogP contribution in [0.5, 0.6) is 0 Å². The number of nitrogens with zero attached hydrogens (tertiary/aromatic N) is 5. The molecule has 0 radical (unpaired) electrons. The number of sulfonamides is 1. The van der Waals surface area contributed by atoms with Crippen LogP contribution in [0.2, 0.25) is 0 Å². The van der Waals surface area contributed by atoms with Crippen LogP contribution in [0.1, 0.15) is 12.1 Å². The fraction of sp³-hybridized carbons (Fsp3) is 0.733. The number of piperazine rings is 1. The first-order chi connectivity index (χ1) is 12.1. The molecular formula is C15H26N6O3S. The highest BCUT2D eigenvalue weighted by molar-refractivity contribution is 7.89. The highest BCUT2D eigenvalue weighted by Gasteiger charge is 2.27. The largest absolute Gasteiger partial charge is 0.364 e. The van der Waals surface area contributed by atoms with Crippen LogP contribution in [-0.2, 0) is 16.6 Å². The third-order valence-electron chi connectivity index (χ3n) is 4.61. The second-order valence-electron chi connectivity index (χ2n) is 6.30. The smallest absolute Gasteiger partial charge is 0.214 e. The molecule has 2 aliphatic rings. The molecule has 2 fully saturated rings. The molecule has 1 aromatic rings. The van der Waals surface area contributed by atoms with Gasteiger partial charge in [-0.3, -0.25) is 9.89 Å². The van der Waals surface area contributed by atoms with Crippen LogP contribution < -0.4 is 5.32 Å². The van der Waals surface area contributed by atoms with Crippen molar-refractivity contribution in [3.63, 3.8) is 0 Å². The van der Waals surface area contributed by atoms with Gasteiger partial charge in [0.25, 0.3) is 0 Å². The van der Waals surface area contributed by atoms with Crippen molar-refractivity contribution in [2.24, 2.45) is 4.99 Å². The highest BCUT2D eigenvalue weighted by atomic mass is 32.2. The normalized spacial score (nSPS) is 22.4. The number of nitrogens with one attached hydrogen (secondary N) is 1. The van der Waals surface area contributed by atoms with Gasteiger partial charge in [0, 0.05) is 65.5 Å². The molecule has 1 aromatic heterocycles. The minimum Gasteiger partial charge on any atom is -0.364 e. The van der Waals surface area contributed by atoms with Crippen LogP contribution in [-0.4, -0.2) is 92.3 Å². The molecular weight excluding hydrogens is 344 g/mol. The summed E-state index contributed by atoms with van der Waals surface area (Å²) in [5.41, 5.74) is 0.947. The van der Waals surface area contributed by atoms with Crippen molar-refractivity contribution >= 4 is 16.0 Å². The van der Waals surface area contributed by atoms with E-state index in [4.69, 9.17) is 4.52 Å². The predicted molar refractivity (Wildman–Crippen MR) is 94.7 cm³/mol. The molecule has 2 aliphatic heterocycles. The van der Waals surface area contributed by atoms with Crippen molar-refractivity contribution in [1.29, 1.82) is 0 Å². The molecule has 9 nitrogen and oxygen atoms in total. The van der Waals surface area contributed by atoms with Crippen LogP contribution in [0, 0.1) is 0 Å². The van der Waals surface area contributed by atoms with E-state index in [2.05, 4.69) is 25.3 Å². The lowest BCUT2D eigenvalue weighted by Gasteiger charge is -2.36. The average molecular weight is 370 g/mol. The quantitative estimate of drug-likeness (QED) is 0.546. The summed E-state index contributed by atoms with van der Waals surface area (Å²) in [6.45, 7) is 6.09. The Bertz CT molecular complexity index is 667. The van der Waals surface area contributed by atoms with E-state index in [-0.39, 0.29) is 5.75 Å². The second-order valence-corrected chi connectivity index (χ2v) is 8.39. The molecule has 0 amide bonds. The number of hydrogen-bond donors (Lipinski definition) is 1. The Kier molecular flexibility index (Phi) is 5.92. The van der Waals surface area contributed by atoms with Crippen molar-refractivity contribution < 1.29 is 12.9 Å². The van der Waals surface area contributed by atoms with E-state index >= 15 is 0 Å². The van der Waals surface area contributed by atoms with Crippen molar-refractivity contribution in [1.82, 2.24) is 24.6 Å². The average Bonchev–Trinajstić information content (AvgIpc) is 3.22. The standard InChI is InChI=1S/C15H26N6O3S/c1-16-15(17-4-6-21-5-2-12-25(21,22)23)20-9-7-19(8-10-20)13-14-3-11-24-18-14/h3,11H,2,4-10,12-13H2,1H3,(H,16,17). The van der Waals surface area contributed by atoms with Gasteiger partial charge in [-0.25, -0.2) is 12.7 Å². The lowest BCUT2D eigenvalue weighted by Crippen LogP contribution is -2.53. The first kappa shape index (κ1) is 18.2. The van der Waals surface area contributed by atoms with E-state index in [0.29, 0.717) is 19.6 Å². The second kappa shape index (κ2) is 8.15. The Hall–Kier alpha value is -1.65. The van der Waals surface area contributed by atoms with Gasteiger partial charge in [0.05, 0.1) is 11.4 Å². The molecule has 0 atom stereocenters. The number of aliphatic imine (C=N–C) groups is 1.